The molecule has 1 N–H and O–H groups in total. The fraction of sp³-hybridized carbons (Fsp3) is 0.231. The molecule has 3 aromatic rings. The monoisotopic (exact) mass is 575 g/mol. The van der Waals surface area contributed by atoms with Gasteiger partial charge in [-0.1, -0.05) is 35.9 Å². The molecule has 0 aromatic heterocycles. The van der Waals surface area contributed by atoms with Crippen LogP contribution in [0.4, 0.5) is 15.8 Å². The molecule has 10 nitrogen and oxygen atoms in total. The van der Waals surface area contributed by atoms with Crippen LogP contribution in [0.2, 0.25) is 5.02 Å². The molecule has 0 saturated heterocycles. The Labute approximate surface area is 228 Å². The first-order valence-corrected chi connectivity index (χ1v) is 13.6. The Hall–Kier alpha value is -3.87. The number of amides is 1. The second kappa shape index (κ2) is 11.5. The summed E-state index contributed by atoms with van der Waals surface area (Å²) >= 11 is 6.01. The molecular formula is C26H23ClFN3O7S. The highest BCUT2D eigenvalue weighted by atomic mass is 35.5. The van der Waals surface area contributed by atoms with Crippen LogP contribution in [0.1, 0.15) is 30.5 Å². The molecule has 13 heteroatoms. The minimum atomic E-state index is -4.10. The lowest BCUT2D eigenvalue weighted by Gasteiger charge is -2.36. The third-order valence-corrected chi connectivity index (χ3v) is 8.48. The van der Waals surface area contributed by atoms with Crippen molar-refractivity contribution < 1.29 is 32.1 Å². The molecular weight excluding hydrogens is 553 g/mol. The topological polar surface area (TPSA) is 136 Å². The number of sulfonamides is 1. The predicted octanol–water partition coefficient (Wildman–Crippen LogP) is 4.64. The highest BCUT2D eigenvalue weighted by Crippen LogP contribution is 2.37. The van der Waals surface area contributed by atoms with Crippen molar-refractivity contribution in [2.45, 2.75) is 36.8 Å². The zero-order valence-electron chi connectivity index (χ0n) is 20.5. The van der Waals surface area contributed by atoms with Crippen molar-refractivity contribution in [2.24, 2.45) is 0 Å². The summed E-state index contributed by atoms with van der Waals surface area (Å²) in [6, 6.07) is 14.1. The fourth-order valence-electron chi connectivity index (χ4n) is 4.28. The highest BCUT2D eigenvalue weighted by molar-refractivity contribution is 7.89. The first-order valence-electron chi connectivity index (χ1n) is 11.8. The fourth-order valence-corrected chi connectivity index (χ4v) is 6.11. The van der Waals surface area contributed by atoms with Gasteiger partial charge in [0.25, 0.3) is 11.6 Å². The SMILES string of the molecule is CC(OC(=O)CC1c2ccccc2CCN1S(=O)(=O)c1ccc(F)cc1)C(=O)Nc1ccc([N+](=O)[O-])cc1Cl. The lowest BCUT2D eigenvalue weighted by Crippen LogP contribution is -2.41. The molecule has 4 rings (SSSR count). The standard InChI is InChI=1S/C26H23ClFN3O7S/c1-16(26(33)29-23-11-8-19(31(34)35)14-22(23)27)38-25(32)15-24-21-5-3-2-4-17(21)12-13-30(24)39(36,37)20-9-6-18(28)7-10-20/h2-11,14,16,24H,12-13,15H2,1H3,(H,29,33). The number of esters is 1. The maximum absolute atomic E-state index is 13.5. The third kappa shape index (κ3) is 6.24. The van der Waals surface area contributed by atoms with Gasteiger partial charge in [-0.05, 0) is 54.8 Å². The van der Waals surface area contributed by atoms with Gasteiger partial charge in [-0.3, -0.25) is 19.7 Å². The number of anilines is 1. The van der Waals surface area contributed by atoms with Crippen molar-refractivity contribution in [3.63, 3.8) is 0 Å². The van der Waals surface area contributed by atoms with Crippen LogP contribution in [-0.4, -0.2) is 42.2 Å². The van der Waals surface area contributed by atoms with Gasteiger partial charge in [0.2, 0.25) is 10.0 Å². The number of fused-ring (bicyclic) bond motifs is 1. The Morgan fingerprint density at radius 2 is 1.87 bits per heavy atom. The van der Waals surface area contributed by atoms with E-state index in [0.29, 0.717) is 12.0 Å². The van der Waals surface area contributed by atoms with Crippen LogP contribution in [-0.2, 0) is 30.8 Å². The van der Waals surface area contributed by atoms with Gasteiger partial charge in [0.05, 0.1) is 33.0 Å². The smallest absolute Gasteiger partial charge is 0.308 e. The predicted molar refractivity (Wildman–Crippen MR) is 140 cm³/mol. The van der Waals surface area contributed by atoms with Gasteiger partial charge in [-0.2, -0.15) is 4.31 Å². The van der Waals surface area contributed by atoms with Crippen molar-refractivity contribution in [3.05, 3.63) is 98.8 Å². The number of non-ortho nitro benzene ring substituents is 1. The van der Waals surface area contributed by atoms with E-state index < -0.39 is 44.8 Å². The Balaban J connectivity index is 1.51. The third-order valence-electron chi connectivity index (χ3n) is 6.24. The molecule has 2 atom stereocenters. The number of nitrogens with zero attached hydrogens (tertiary/aromatic N) is 2. The second-order valence-electron chi connectivity index (χ2n) is 8.78. The summed E-state index contributed by atoms with van der Waals surface area (Å²) in [6.07, 6.45) is -1.26. The Kier molecular flexibility index (Phi) is 8.28. The summed E-state index contributed by atoms with van der Waals surface area (Å²) in [5, 5.41) is 13.3. The van der Waals surface area contributed by atoms with E-state index in [2.05, 4.69) is 5.32 Å². The first-order chi connectivity index (χ1) is 18.5. The van der Waals surface area contributed by atoms with Crippen molar-refractivity contribution in [2.75, 3.05) is 11.9 Å². The van der Waals surface area contributed by atoms with Gasteiger partial charge < -0.3 is 10.1 Å². The summed E-state index contributed by atoms with van der Waals surface area (Å²) < 4.78 is 46.8. The molecule has 204 valence electrons. The van der Waals surface area contributed by atoms with E-state index in [1.54, 1.807) is 12.1 Å². The summed E-state index contributed by atoms with van der Waals surface area (Å²) in [5.74, 6) is -2.15. The lowest BCUT2D eigenvalue weighted by atomic mass is 9.92. The quantitative estimate of drug-likeness (QED) is 0.235. The van der Waals surface area contributed by atoms with Gasteiger partial charge in [0.1, 0.15) is 5.82 Å². The largest absolute Gasteiger partial charge is 0.452 e. The lowest BCUT2D eigenvalue weighted by molar-refractivity contribution is -0.384. The number of rotatable bonds is 8. The highest BCUT2D eigenvalue weighted by Gasteiger charge is 2.38. The van der Waals surface area contributed by atoms with Crippen molar-refractivity contribution in [3.8, 4) is 0 Å². The summed E-state index contributed by atoms with van der Waals surface area (Å²) in [5.41, 5.74) is 1.33. The molecule has 2 unspecified atom stereocenters. The number of halogens is 2. The Bertz CT molecular complexity index is 1530. The number of nitro groups is 1. The van der Waals surface area contributed by atoms with Crippen LogP contribution >= 0.6 is 11.6 Å². The van der Waals surface area contributed by atoms with Crippen LogP contribution in [0.3, 0.4) is 0 Å². The van der Waals surface area contributed by atoms with E-state index in [0.717, 1.165) is 42.0 Å². The number of ether oxygens (including phenoxy) is 1. The average Bonchev–Trinajstić information content (AvgIpc) is 2.89. The number of hydrogen-bond acceptors (Lipinski definition) is 7. The van der Waals surface area contributed by atoms with Gasteiger partial charge >= 0.3 is 5.97 Å². The van der Waals surface area contributed by atoms with Gasteiger partial charge in [-0.15, -0.1) is 0 Å². The van der Waals surface area contributed by atoms with Crippen molar-refractivity contribution in [1.82, 2.24) is 4.31 Å². The normalized spacial score (nSPS) is 16.1. The molecule has 1 amide bonds. The van der Waals surface area contributed by atoms with E-state index in [-0.39, 0.29) is 34.3 Å². The maximum atomic E-state index is 13.5. The molecule has 3 aromatic carbocycles. The average molecular weight is 576 g/mol. The Morgan fingerprint density at radius 1 is 1.18 bits per heavy atom. The van der Waals surface area contributed by atoms with Crippen molar-refractivity contribution >= 4 is 44.9 Å². The van der Waals surface area contributed by atoms with Gasteiger partial charge in [-0.25, -0.2) is 12.8 Å². The maximum Gasteiger partial charge on any atom is 0.308 e. The number of nitrogens with one attached hydrogen (secondary N) is 1. The molecule has 0 saturated carbocycles. The van der Waals surface area contributed by atoms with E-state index in [9.17, 15) is 32.5 Å². The van der Waals surface area contributed by atoms with E-state index in [1.165, 1.54) is 17.3 Å². The Morgan fingerprint density at radius 3 is 2.54 bits per heavy atom. The van der Waals surface area contributed by atoms with Crippen LogP contribution < -0.4 is 5.32 Å². The van der Waals surface area contributed by atoms with Crippen LogP contribution in [0.25, 0.3) is 0 Å². The van der Waals surface area contributed by atoms with Crippen LogP contribution in [0.15, 0.2) is 71.6 Å². The number of carbonyl (C=O) groups is 2. The molecule has 0 radical (unpaired) electrons. The minimum absolute atomic E-state index is 0.0727. The molecule has 0 fully saturated rings. The zero-order chi connectivity index (χ0) is 28.3. The number of nitro benzene ring substituents is 1. The number of hydrogen-bond donors (Lipinski definition) is 1. The van der Waals surface area contributed by atoms with Gasteiger partial charge in [0, 0.05) is 18.7 Å². The first kappa shape index (κ1) is 28.1. The second-order valence-corrected chi connectivity index (χ2v) is 11.1. The molecule has 1 aliphatic heterocycles. The molecule has 1 heterocycles. The molecule has 0 spiro atoms. The minimum Gasteiger partial charge on any atom is -0.452 e. The van der Waals surface area contributed by atoms with Gasteiger partial charge in [0.15, 0.2) is 6.10 Å². The molecule has 1 aliphatic rings. The summed E-state index contributed by atoms with van der Waals surface area (Å²) in [4.78, 5) is 35.7. The molecule has 0 bridgehead atoms. The van der Waals surface area contributed by atoms with Crippen LogP contribution in [0, 0.1) is 15.9 Å². The number of benzene rings is 3. The van der Waals surface area contributed by atoms with E-state index >= 15 is 0 Å². The number of carbonyl (C=O) groups excluding carboxylic acids is 2. The van der Waals surface area contributed by atoms with Crippen LogP contribution in [0.5, 0.6) is 0 Å². The van der Waals surface area contributed by atoms with E-state index in [1.807, 2.05) is 12.1 Å². The summed E-state index contributed by atoms with van der Waals surface area (Å²) in [7, 11) is -4.10. The molecule has 0 aliphatic carbocycles. The van der Waals surface area contributed by atoms with E-state index in [4.69, 9.17) is 16.3 Å². The van der Waals surface area contributed by atoms with Crippen molar-refractivity contribution in [1.29, 1.82) is 0 Å². The summed E-state index contributed by atoms with van der Waals surface area (Å²) in [6.45, 7) is 1.41. The molecule has 39 heavy (non-hydrogen) atoms. The zero-order valence-corrected chi connectivity index (χ0v) is 22.1.